The summed E-state index contributed by atoms with van der Waals surface area (Å²) in [5.41, 5.74) is 0.416. The molecule has 4 saturated carbocycles. The minimum atomic E-state index is -1.41. The molecule has 7 rings (SSSR count). The first-order valence-corrected chi connectivity index (χ1v) is 22.3. The van der Waals surface area contributed by atoms with Gasteiger partial charge in [-0.15, -0.1) is 0 Å². The molecule has 0 radical (unpaired) electrons. The molecule has 2 heterocycles. The van der Waals surface area contributed by atoms with E-state index in [1.54, 1.807) is 0 Å². The van der Waals surface area contributed by atoms with Gasteiger partial charge in [0.1, 0.15) is 18.3 Å². The molecule has 57 heavy (non-hydrogen) atoms. The smallest absolute Gasteiger partial charge is 0.333 e. The van der Waals surface area contributed by atoms with Crippen molar-refractivity contribution >= 4 is 5.97 Å². The summed E-state index contributed by atoms with van der Waals surface area (Å²) in [5, 5.41) is 41.0. The summed E-state index contributed by atoms with van der Waals surface area (Å²) in [4.78, 5) is 40.1. The Bertz CT molecular complexity index is 1820. The number of aliphatic hydroxyl groups is 4. The van der Waals surface area contributed by atoms with Crippen molar-refractivity contribution in [2.24, 2.45) is 50.2 Å². The van der Waals surface area contributed by atoms with Crippen LogP contribution in [0.3, 0.4) is 0 Å². The molecule has 0 aromatic carbocycles. The molecule has 11 heteroatoms. The van der Waals surface area contributed by atoms with Crippen molar-refractivity contribution in [3.05, 3.63) is 44.8 Å². The second-order valence-electron chi connectivity index (χ2n) is 21.4. The standard InChI is InChI=1S/C46H72N2O9/c1-41(2)20-22-46(23-21-44(6)29(30(46)27-41)13-14-33-43(5)18-16-34(50)42(3,4)32(43)15-19-45(33,44)7)39(54)56-26-12-10-8-9-11-24-47-35(51)17-25-48(40(47)55)38-37(53)36(52)31(28-49)57-38/h13,17,25,30-34,36-38,49-50,52-53H,8-12,14-16,18-24,26-28H2,1-7H3/t30-,31+,32?,33+,34-,36+,37+,38+,43-,44+,45+,46-/m0/s1. The van der Waals surface area contributed by atoms with Crippen LogP contribution >= 0.6 is 0 Å². The average molecular weight is 797 g/mol. The second-order valence-corrected chi connectivity index (χ2v) is 21.4. The fraction of sp³-hybridized carbons (Fsp3) is 0.848. The van der Waals surface area contributed by atoms with Crippen molar-refractivity contribution in [3.8, 4) is 0 Å². The normalized spacial score (nSPS) is 41.9. The first-order valence-electron chi connectivity index (χ1n) is 22.3. The number of hydrogen-bond acceptors (Lipinski definition) is 9. The molecule has 0 bridgehead atoms. The van der Waals surface area contributed by atoms with Gasteiger partial charge in [-0.2, -0.15) is 0 Å². The molecule has 1 unspecified atom stereocenters. The van der Waals surface area contributed by atoms with Gasteiger partial charge >= 0.3 is 11.7 Å². The van der Waals surface area contributed by atoms with Gasteiger partial charge in [0.15, 0.2) is 6.23 Å². The number of hydrogen-bond donors (Lipinski definition) is 4. The zero-order valence-electron chi connectivity index (χ0n) is 35.8. The summed E-state index contributed by atoms with van der Waals surface area (Å²) in [6, 6.07) is 1.24. The van der Waals surface area contributed by atoms with Crippen LogP contribution in [0.1, 0.15) is 151 Å². The average Bonchev–Trinajstić information content (AvgIpc) is 3.44. The van der Waals surface area contributed by atoms with E-state index >= 15 is 0 Å². The quantitative estimate of drug-likeness (QED) is 0.115. The van der Waals surface area contributed by atoms with Gasteiger partial charge in [-0.1, -0.05) is 79.4 Å². The van der Waals surface area contributed by atoms with Gasteiger partial charge in [0.2, 0.25) is 0 Å². The van der Waals surface area contributed by atoms with E-state index in [-0.39, 0.29) is 51.6 Å². The highest BCUT2D eigenvalue weighted by molar-refractivity contribution is 5.78. The van der Waals surface area contributed by atoms with Crippen LogP contribution in [0.5, 0.6) is 0 Å². The number of unbranched alkanes of at least 4 members (excludes halogenated alkanes) is 4. The van der Waals surface area contributed by atoms with E-state index in [9.17, 15) is 34.8 Å². The number of nitrogens with zero attached hydrogens (tertiary/aromatic N) is 2. The number of esters is 1. The number of fused-ring (bicyclic) bond motifs is 7. The van der Waals surface area contributed by atoms with E-state index in [0.717, 1.165) is 92.6 Å². The van der Waals surface area contributed by atoms with E-state index < -0.39 is 47.8 Å². The topological polar surface area (TPSA) is 160 Å². The number of carbonyl (C=O) groups excluding carboxylic acids is 1. The fourth-order valence-electron chi connectivity index (χ4n) is 13.9. The Hall–Kier alpha value is -2.31. The van der Waals surface area contributed by atoms with Crippen LogP contribution < -0.4 is 11.2 Å². The monoisotopic (exact) mass is 797 g/mol. The number of ether oxygens (including phenoxy) is 2. The van der Waals surface area contributed by atoms with Gasteiger partial charge in [-0.05, 0) is 122 Å². The summed E-state index contributed by atoms with van der Waals surface area (Å²) < 4.78 is 13.9. The van der Waals surface area contributed by atoms with Gasteiger partial charge in [-0.3, -0.25) is 18.7 Å². The lowest BCUT2D eigenvalue weighted by molar-refractivity contribution is -0.206. The van der Waals surface area contributed by atoms with Crippen LogP contribution in [0.15, 0.2) is 33.5 Å². The van der Waals surface area contributed by atoms with Crippen LogP contribution in [0.2, 0.25) is 0 Å². The van der Waals surface area contributed by atoms with Gasteiger partial charge < -0.3 is 29.9 Å². The van der Waals surface area contributed by atoms with Crippen LogP contribution in [-0.4, -0.2) is 73.2 Å². The predicted octanol–water partition coefficient (Wildman–Crippen LogP) is 6.28. The van der Waals surface area contributed by atoms with Crippen molar-refractivity contribution < 1.29 is 34.7 Å². The molecular weight excluding hydrogens is 725 g/mol. The highest BCUT2D eigenvalue weighted by atomic mass is 16.6. The SMILES string of the molecule is CC1(C)CC[C@]2(C(=O)OCCCCCCCn3c(=O)ccn([C@@H]4O[C@H](CO)[C@@H](O)[C@H]4O)c3=O)CC[C@]3(C)C(=CC[C@@H]4[C@@]5(C)CC[C@H](O)C(C)(C)C5CC[C@]43C)[C@@H]2C1. The van der Waals surface area contributed by atoms with E-state index in [2.05, 4.69) is 54.5 Å². The van der Waals surface area contributed by atoms with Gasteiger partial charge in [0, 0.05) is 18.8 Å². The van der Waals surface area contributed by atoms with Crippen molar-refractivity contribution in [1.29, 1.82) is 0 Å². The molecule has 11 nitrogen and oxygen atoms in total. The third kappa shape index (κ3) is 6.85. The molecule has 1 aromatic rings. The predicted molar refractivity (Wildman–Crippen MR) is 217 cm³/mol. The van der Waals surface area contributed by atoms with Crippen LogP contribution in [0, 0.1) is 50.2 Å². The Balaban J connectivity index is 0.960. The first-order chi connectivity index (χ1) is 26.8. The lowest BCUT2D eigenvalue weighted by atomic mass is 9.33. The molecule has 5 fully saturated rings. The molecule has 1 aliphatic heterocycles. The Morgan fingerprint density at radius 1 is 0.860 bits per heavy atom. The zero-order chi connectivity index (χ0) is 41.3. The molecule has 6 aliphatic rings. The third-order valence-corrected chi connectivity index (χ3v) is 17.7. The minimum absolute atomic E-state index is 0.00849. The zero-order valence-corrected chi connectivity index (χ0v) is 35.8. The van der Waals surface area contributed by atoms with Crippen molar-refractivity contribution in [3.63, 3.8) is 0 Å². The van der Waals surface area contributed by atoms with Crippen molar-refractivity contribution in [2.75, 3.05) is 13.2 Å². The fourth-order valence-corrected chi connectivity index (χ4v) is 13.9. The lowest BCUT2D eigenvalue weighted by Gasteiger charge is -2.71. The molecule has 320 valence electrons. The lowest BCUT2D eigenvalue weighted by Crippen LogP contribution is -2.65. The van der Waals surface area contributed by atoms with Gasteiger partial charge in [0.25, 0.3) is 5.56 Å². The summed E-state index contributed by atoms with van der Waals surface area (Å²) >= 11 is 0. The van der Waals surface area contributed by atoms with Crippen molar-refractivity contribution in [2.45, 2.75) is 182 Å². The summed E-state index contributed by atoms with van der Waals surface area (Å²) in [6.45, 7) is 17.1. The summed E-state index contributed by atoms with van der Waals surface area (Å²) in [5.74, 6) is 1.25. The van der Waals surface area contributed by atoms with E-state index in [4.69, 9.17) is 9.47 Å². The van der Waals surface area contributed by atoms with Crippen LogP contribution in [-0.2, 0) is 20.8 Å². The third-order valence-electron chi connectivity index (χ3n) is 17.7. The first kappa shape index (κ1) is 42.8. The number of carbonyl (C=O) groups is 1. The number of allylic oxidation sites excluding steroid dienone is 2. The Morgan fingerprint density at radius 2 is 1.56 bits per heavy atom. The Kier molecular flexibility index (Phi) is 11.5. The molecule has 5 aliphatic carbocycles. The van der Waals surface area contributed by atoms with Crippen LogP contribution in [0.25, 0.3) is 0 Å². The second kappa shape index (κ2) is 15.3. The Labute approximate surface area is 339 Å². The summed E-state index contributed by atoms with van der Waals surface area (Å²) in [6.07, 6.45) is 12.7. The van der Waals surface area contributed by atoms with Gasteiger partial charge in [0.05, 0.1) is 24.7 Å². The van der Waals surface area contributed by atoms with E-state index in [0.29, 0.717) is 24.9 Å². The molecule has 0 amide bonds. The number of rotatable bonds is 11. The minimum Gasteiger partial charge on any atom is -0.465 e. The van der Waals surface area contributed by atoms with Crippen molar-refractivity contribution in [1.82, 2.24) is 9.13 Å². The van der Waals surface area contributed by atoms with Gasteiger partial charge in [-0.25, -0.2) is 4.79 Å². The molecule has 0 spiro atoms. The molecule has 4 N–H and O–H groups in total. The Morgan fingerprint density at radius 3 is 2.28 bits per heavy atom. The molecular formula is C46H72N2O9. The number of aliphatic hydroxyl groups excluding tert-OH is 4. The maximum Gasteiger partial charge on any atom is 0.333 e. The summed E-state index contributed by atoms with van der Waals surface area (Å²) in [7, 11) is 0. The maximum absolute atomic E-state index is 14.4. The largest absolute Gasteiger partial charge is 0.465 e. The maximum atomic E-state index is 14.4. The highest BCUT2D eigenvalue weighted by Gasteiger charge is 2.69. The highest BCUT2D eigenvalue weighted by Crippen LogP contribution is 2.75. The molecule has 12 atom stereocenters. The van der Waals surface area contributed by atoms with E-state index in [1.807, 2.05) is 0 Å². The number of aromatic nitrogens is 2. The molecule has 1 saturated heterocycles. The van der Waals surface area contributed by atoms with Crippen LogP contribution in [0.4, 0.5) is 0 Å². The van der Waals surface area contributed by atoms with E-state index in [1.165, 1.54) is 24.3 Å². The molecule has 1 aromatic heterocycles.